The topological polar surface area (TPSA) is 38.6 Å². The van der Waals surface area contributed by atoms with E-state index < -0.39 is 0 Å². The summed E-state index contributed by atoms with van der Waals surface area (Å²) in [4.78, 5) is 5.07. The van der Waals surface area contributed by atoms with Crippen molar-refractivity contribution in [3.63, 3.8) is 0 Å². The van der Waals surface area contributed by atoms with Gasteiger partial charge in [-0.2, -0.15) is 0 Å². The number of aromatic nitrogens is 2. The van der Waals surface area contributed by atoms with Gasteiger partial charge in [0.1, 0.15) is 12.4 Å². The van der Waals surface area contributed by atoms with Gasteiger partial charge in [-0.15, -0.1) is 0 Å². The van der Waals surface area contributed by atoms with Gasteiger partial charge < -0.3 is 10.1 Å². The second-order valence-corrected chi connectivity index (χ2v) is 8.62. The van der Waals surface area contributed by atoms with Gasteiger partial charge in [-0.1, -0.05) is 78.9 Å². The predicted octanol–water partition coefficient (Wildman–Crippen LogP) is 7.06. The summed E-state index contributed by atoms with van der Waals surface area (Å²) in [7, 11) is 0. The molecule has 2 heterocycles. The van der Waals surface area contributed by atoms with E-state index in [2.05, 4.69) is 90.4 Å². The third-order valence-electron chi connectivity index (χ3n) is 6.14. The number of benzene rings is 3. The first-order chi connectivity index (χ1) is 16.7. The summed E-state index contributed by atoms with van der Waals surface area (Å²) in [6, 6.07) is 31.2. The highest BCUT2D eigenvalue weighted by Crippen LogP contribution is 2.31. The van der Waals surface area contributed by atoms with Crippen molar-refractivity contribution < 1.29 is 4.74 Å². The molecule has 0 unspecified atom stereocenters. The molecule has 5 rings (SSSR count). The lowest BCUT2D eigenvalue weighted by Crippen LogP contribution is -2.03. The van der Waals surface area contributed by atoms with E-state index in [1.54, 1.807) is 0 Å². The van der Waals surface area contributed by atoms with Crippen molar-refractivity contribution in [2.75, 3.05) is 5.32 Å². The number of hydrogen-bond acceptors (Lipinski definition) is 3. The molecule has 0 aliphatic rings. The molecule has 4 heteroatoms. The summed E-state index contributed by atoms with van der Waals surface area (Å²) in [6.45, 7) is 4.78. The number of nitrogens with one attached hydrogen (secondary N) is 1. The number of anilines is 2. The van der Waals surface area contributed by atoms with Crippen LogP contribution in [0.1, 0.15) is 27.9 Å². The Morgan fingerprint density at radius 3 is 2.12 bits per heavy atom. The number of ether oxygens (including phenoxy) is 1. The van der Waals surface area contributed by atoms with Crippen molar-refractivity contribution >= 4 is 17.2 Å². The Bertz CT molecular complexity index is 1370. The van der Waals surface area contributed by atoms with Crippen LogP contribution in [0.15, 0.2) is 97.2 Å². The van der Waals surface area contributed by atoms with Crippen molar-refractivity contribution in [3.8, 4) is 5.75 Å². The first-order valence-corrected chi connectivity index (χ1v) is 11.7. The Morgan fingerprint density at radius 2 is 1.41 bits per heavy atom. The van der Waals surface area contributed by atoms with E-state index in [-0.39, 0.29) is 0 Å². The molecule has 34 heavy (non-hydrogen) atoms. The van der Waals surface area contributed by atoms with Crippen LogP contribution in [-0.2, 0) is 19.4 Å². The Labute approximate surface area is 200 Å². The van der Waals surface area contributed by atoms with E-state index in [1.165, 1.54) is 16.7 Å². The third-order valence-corrected chi connectivity index (χ3v) is 6.14. The smallest absolute Gasteiger partial charge is 0.181 e. The lowest BCUT2D eigenvalue weighted by atomic mass is 10.1. The maximum Gasteiger partial charge on any atom is 0.181 e. The molecule has 4 nitrogen and oxygen atoms in total. The van der Waals surface area contributed by atoms with Crippen LogP contribution in [0.4, 0.5) is 11.5 Å². The minimum atomic E-state index is 0.506. The van der Waals surface area contributed by atoms with Crippen LogP contribution in [-0.4, -0.2) is 9.38 Å². The number of para-hydroxylation sites is 1. The summed E-state index contributed by atoms with van der Waals surface area (Å²) in [5, 5.41) is 3.71. The summed E-state index contributed by atoms with van der Waals surface area (Å²) in [5.74, 6) is 1.77. The van der Waals surface area contributed by atoms with Gasteiger partial charge in [-0.05, 0) is 61.1 Å². The molecule has 2 aromatic heterocycles. The lowest BCUT2D eigenvalue weighted by Gasteiger charge is -2.14. The molecule has 0 saturated heterocycles. The Balaban J connectivity index is 1.52. The van der Waals surface area contributed by atoms with Crippen LogP contribution in [0.3, 0.4) is 0 Å². The molecule has 0 bridgehead atoms. The van der Waals surface area contributed by atoms with Gasteiger partial charge in [0.2, 0.25) is 0 Å². The summed E-state index contributed by atoms with van der Waals surface area (Å²) >= 11 is 0. The molecule has 0 aliphatic carbocycles. The number of nitrogens with zero attached hydrogens (tertiary/aromatic N) is 2. The van der Waals surface area contributed by atoms with Crippen LogP contribution in [0, 0.1) is 13.8 Å². The van der Waals surface area contributed by atoms with Crippen LogP contribution in [0.5, 0.6) is 5.75 Å². The quantitative estimate of drug-likeness (QED) is 0.277. The number of fused-ring (bicyclic) bond motifs is 1. The fraction of sp³-hybridized carbons (Fsp3) is 0.167. The number of pyridine rings is 1. The van der Waals surface area contributed by atoms with Crippen molar-refractivity contribution in [2.24, 2.45) is 0 Å². The Kier molecular flexibility index (Phi) is 6.30. The van der Waals surface area contributed by atoms with Crippen LogP contribution < -0.4 is 10.1 Å². The van der Waals surface area contributed by atoms with Gasteiger partial charge in [0, 0.05) is 11.9 Å². The summed E-state index contributed by atoms with van der Waals surface area (Å²) in [6.07, 6.45) is 3.81. The van der Waals surface area contributed by atoms with Crippen molar-refractivity contribution in [1.29, 1.82) is 0 Å². The van der Waals surface area contributed by atoms with Gasteiger partial charge in [-0.3, -0.25) is 4.40 Å². The SMILES string of the molecule is Cc1cccc(C)c1Nc1c(CCc2ccccc2)nc2c(OCc3ccccc3)cccn12. The standard InChI is InChI=1S/C30H29N3O/c1-22-11-9-12-23(2)28(22)32-29-26(19-18-24-13-5-3-6-14-24)31-30-27(17-10-20-33(29)30)34-21-25-15-7-4-8-16-25/h3-17,20,32H,18-19,21H2,1-2H3. The van der Waals surface area contributed by atoms with Gasteiger partial charge in [0.15, 0.2) is 11.4 Å². The van der Waals surface area contributed by atoms with Gasteiger partial charge in [0.05, 0.1) is 5.69 Å². The molecule has 170 valence electrons. The third kappa shape index (κ3) is 4.67. The van der Waals surface area contributed by atoms with Gasteiger partial charge >= 0.3 is 0 Å². The van der Waals surface area contributed by atoms with Crippen molar-refractivity contribution in [2.45, 2.75) is 33.3 Å². The summed E-state index contributed by atoms with van der Waals surface area (Å²) < 4.78 is 8.34. The van der Waals surface area contributed by atoms with Gasteiger partial charge in [-0.25, -0.2) is 4.98 Å². The highest BCUT2D eigenvalue weighted by atomic mass is 16.5. The summed E-state index contributed by atoms with van der Waals surface area (Å²) in [5.41, 5.74) is 7.84. The molecule has 0 atom stereocenters. The van der Waals surface area contributed by atoms with Crippen LogP contribution >= 0.6 is 0 Å². The number of rotatable bonds is 8. The van der Waals surface area contributed by atoms with Crippen molar-refractivity contribution in [3.05, 3.63) is 125 Å². The number of imidazole rings is 1. The predicted molar refractivity (Wildman–Crippen MR) is 139 cm³/mol. The molecule has 3 aromatic carbocycles. The van der Waals surface area contributed by atoms with E-state index in [4.69, 9.17) is 9.72 Å². The minimum Gasteiger partial charge on any atom is -0.485 e. The lowest BCUT2D eigenvalue weighted by molar-refractivity contribution is 0.308. The fourth-order valence-electron chi connectivity index (χ4n) is 4.28. The first-order valence-electron chi connectivity index (χ1n) is 11.7. The van der Waals surface area contributed by atoms with E-state index in [1.807, 2.05) is 30.3 Å². The van der Waals surface area contributed by atoms with Crippen LogP contribution in [0.25, 0.3) is 5.65 Å². The maximum atomic E-state index is 6.22. The fourth-order valence-corrected chi connectivity index (χ4v) is 4.28. The zero-order chi connectivity index (χ0) is 23.3. The maximum absolute atomic E-state index is 6.22. The Morgan fingerprint density at radius 1 is 0.735 bits per heavy atom. The molecule has 0 spiro atoms. The molecule has 0 fully saturated rings. The largest absolute Gasteiger partial charge is 0.485 e. The minimum absolute atomic E-state index is 0.506. The monoisotopic (exact) mass is 447 g/mol. The first kappa shape index (κ1) is 21.8. The van der Waals surface area contributed by atoms with E-state index >= 15 is 0 Å². The molecule has 0 radical (unpaired) electrons. The van der Waals surface area contributed by atoms with E-state index in [9.17, 15) is 0 Å². The molecule has 5 aromatic rings. The van der Waals surface area contributed by atoms with Gasteiger partial charge in [0.25, 0.3) is 0 Å². The molecule has 1 N–H and O–H groups in total. The van der Waals surface area contributed by atoms with Crippen LogP contribution in [0.2, 0.25) is 0 Å². The molecule has 0 saturated carbocycles. The highest BCUT2D eigenvalue weighted by molar-refractivity contribution is 5.71. The average molecular weight is 448 g/mol. The molecular formula is C30H29N3O. The average Bonchev–Trinajstić information content (AvgIpc) is 3.23. The highest BCUT2D eigenvalue weighted by Gasteiger charge is 2.17. The zero-order valence-electron chi connectivity index (χ0n) is 19.7. The second-order valence-electron chi connectivity index (χ2n) is 8.62. The van der Waals surface area contributed by atoms with Crippen molar-refractivity contribution in [1.82, 2.24) is 9.38 Å². The van der Waals surface area contributed by atoms with E-state index in [0.29, 0.717) is 6.61 Å². The Hall–Kier alpha value is -4.05. The molecule has 0 aliphatic heterocycles. The number of hydrogen-bond donors (Lipinski definition) is 1. The normalized spacial score (nSPS) is 11.0. The van der Waals surface area contributed by atoms with E-state index in [0.717, 1.165) is 47.0 Å². The second kappa shape index (κ2) is 9.84. The molecular weight excluding hydrogens is 418 g/mol. The number of aryl methyl sites for hydroxylation is 4. The molecule has 0 amide bonds. The zero-order valence-corrected chi connectivity index (χ0v) is 19.7.